The van der Waals surface area contributed by atoms with E-state index in [2.05, 4.69) is 143 Å². The van der Waals surface area contributed by atoms with Crippen LogP contribution in [0.3, 0.4) is 0 Å². The second-order valence-corrected chi connectivity index (χ2v) is 16.7. The monoisotopic (exact) mass is 870 g/mol. The lowest BCUT2D eigenvalue weighted by atomic mass is 10.0. The van der Waals surface area contributed by atoms with Crippen molar-refractivity contribution in [2.75, 3.05) is 0 Å². The highest BCUT2D eigenvalue weighted by molar-refractivity contribution is 6.29. The van der Waals surface area contributed by atoms with E-state index in [1.54, 1.807) is 0 Å². The zero-order valence-electron chi connectivity index (χ0n) is 36.5. The van der Waals surface area contributed by atoms with Gasteiger partial charge in [0, 0.05) is 49.4 Å². The first-order chi connectivity index (χ1) is 33.7. The van der Waals surface area contributed by atoms with Crippen molar-refractivity contribution in [2.45, 2.75) is 0 Å². The van der Waals surface area contributed by atoms with Gasteiger partial charge in [0.1, 0.15) is 0 Å². The molecule has 0 spiro atoms. The third kappa shape index (κ3) is 6.62. The van der Waals surface area contributed by atoms with Crippen LogP contribution in [0.15, 0.2) is 231 Å². The summed E-state index contributed by atoms with van der Waals surface area (Å²) in [6, 6.07) is 79.2. The lowest BCUT2D eigenvalue weighted by molar-refractivity contribution is 0.953. The van der Waals surface area contributed by atoms with Crippen LogP contribution >= 0.6 is 0 Å². The van der Waals surface area contributed by atoms with Crippen LogP contribution in [0.5, 0.6) is 0 Å². The zero-order valence-corrected chi connectivity index (χ0v) is 36.5. The van der Waals surface area contributed by atoms with Crippen LogP contribution in [-0.4, -0.2) is 39.0 Å². The molecule has 0 atom stereocenters. The lowest BCUT2D eigenvalue weighted by Crippen LogP contribution is -2.06. The van der Waals surface area contributed by atoms with Crippen molar-refractivity contribution in [3.05, 3.63) is 231 Å². The molecule has 9 aromatic carbocycles. The molecule has 4 heterocycles. The quantitative estimate of drug-likeness (QED) is 0.151. The van der Waals surface area contributed by atoms with Gasteiger partial charge in [-0.2, -0.15) is 9.97 Å². The minimum absolute atomic E-state index is 0.548. The molecule has 8 heteroatoms. The fourth-order valence-electron chi connectivity index (χ4n) is 9.56. The molecule has 4 aromatic heterocycles. The Hall–Kier alpha value is -9.40. The maximum atomic E-state index is 5.29. The zero-order chi connectivity index (χ0) is 45.0. The van der Waals surface area contributed by atoms with Crippen LogP contribution in [0.2, 0.25) is 0 Å². The Kier molecular flexibility index (Phi) is 9.31. The van der Waals surface area contributed by atoms with Gasteiger partial charge >= 0.3 is 0 Å². The number of nitrogens with zero attached hydrogens (tertiary/aromatic N) is 8. The normalized spacial score (nSPS) is 11.5. The van der Waals surface area contributed by atoms with Crippen LogP contribution in [0, 0.1) is 0 Å². The molecule has 0 fully saturated rings. The van der Waals surface area contributed by atoms with E-state index in [1.165, 1.54) is 0 Å². The maximum absolute atomic E-state index is 5.29. The highest BCUT2D eigenvalue weighted by atomic mass is 15.2. The van der Waals surface area contributed by atoms with Gasteiger partial charge < -0.3 is 4.57 Å². The van der Waals surface area contributed by atoms with Gasteiger partial charge in [-0.25, -0.2) is 19.9 Å². The van der Waals surface area contributed by atoms with E-state index in [-0.39, 0.29) is 0 Å². The molecule has 13 rings (SSSR count). The summed E-state index contributed by atoms with van der Waals surface area (Å²) >= 11 is 0. The summed E-state index contributed by atoms with van der Waals surface area (Å²) in [6.45, 7) is 0. The molecule has 0 bridgehead atoms. The Labute approximate surface area is 391 Å². The largest absolute Gasteiger partial charge is 0.308 e. The van der Waals surface area contributed by atoms with Gasteiger partial charge in [-0.3, -0.25) is 4.57 Å². The van der Waals surface area contributed by atoms with Crippen LogP contribution in [-0.2, 0) is 0 Å². The van der Waals surface area contributed by atoms with Crippen LogP contribution in [0.4, 0.5) is 0 Å². The fraction of sp³-hybridized carbons (Fsp3) is 0. The lowest BCUT2D eigenvalue weighted by Gasteiger charge is -2.15. The molecule has 0 aliphatic rings. The number of benzene rings is 9. The Morgan fingerprint density at radius 3 is 1.22 bits per heavy atom. The molecule has 68 heavy (non-hydrogen) atoms. The fourth-order valence-corrected chi connectivity index (χ4v) is 9.56. The summed E-state index contributed by atoms with van der Waals surface area (Å²) in [6.07, 6.45) is 0. The van der Waals surface area contributed by atoms with Gasteiger partial charge in [-0.05, 0) is 53.6 Å². The Morgan fingerprint density at radius 1 is 0.250 bits per heavy atom. The summed E-state index contributed by atoms with van der Waals surface area (Å²) in [5.41, 5.74) is 11.8. The van der Waals surface area contributed by atoms with E-state index in [0.29, 0.717) is 35.1 Å². The number of rotatable bonds is 8. The molecule has 0 saturated heterocycles. The van der Waals surface area contributed by atoms with Gasteiger partial charge in [0.25, 0.3) is 0 Å². The molecule has 0 aliphatic carbocycles. The van der Waals surface area contributed by atoms with Crippen molar-refractivity contribution in [2.24, 2.45) is 0 Å². The van der Waals surface area contributed by atoms with Crippen LogP contribution in [0.25, 0.3) is 123 Å². The van der Waals surface area contributed by atoms with Gasteiger partial charge in [0.05, 0.1) is 27.8 Å². The molecular formula is C60H38N8. The molecule has 0 saturated carbocycles. The van der Waals surface area contributed by atoms with E-state index >= 15 is 0 Å². The van der Waals surface area contributed by atoms with Crippen molar-refractivity contribution in [1.82, 2.24) is 39.0 Å². The molecule has 318 valence electrons. The number of hydrogen-bond donors (Lipinski definition) is 0. The highest BCUT2D eigenvalue weighted by Crippen LogP contribution is 2.43. The number of hydrogen-bond acceptors (Lipinski definition) is 6. The molecule has 13 aromatic rings. The van der Waals surface area contributed by atoms with Crippen molar-refractivity contribution < 1.29 is 0 Å². The minimum atomic E-state index is 0.548. The number of para-hydroxylation sites is 3. The van der Waals surface area contributed by atoms with E-state index in [9.17, 15) is 0 Å². The Morgan fingerprint density at radius 2 is 0.647 bits per heavy atom. The molecular weight excluding hydrogens is 833 g/mol. The second-order valence-electron chi connectivity index (χ2n) is 16.7. The minimum Gasteiger partial charge on any atom is -0.308 e. The van der Waals surface area contributed by atoms with Crippen LogP contribution in [0.1, 0.15) is 0 Å². The van der Waals surface area contributed by atoms with Crippen molar-refractivity contribution >= 4 is 43.6 Å². The van der Waals surface area contributed by atoms with Crippen LogP contribution < -0.4 is 0 Å². The summed E-state index contributed by atoms with van der Waals surface area (Å²) in [4.78, 5) is 31.1. The van der Waals surface area contributed by atoms with Gasteiger partial charge in [-0.15, -0.1) is 0 Å². The third-order valence-corrected chi connectivity index (χ3v) is 12.6. The number of fused-ring (bicyclic) bond motifs is 7. The average molecular weight is 871 g/mol. The summed E-state index contributed by atoms with van der Waals surface area (Å²) < 4.78 is 4.55. The topological polar surface area (TPSA) is 87.2 Å². The molecule has 0 amide bonds. The Balaban J connectivity index is 1.04. The van der Waals surface area contributed by atoms with Crippen molar-refractivity contribution in [3.63, 3.8) is 0 Å². The first kappa shape index (κ1) is 39.0. The SMILES string of the molecule is c1ccc(-c2cccc(-c3nc(-c4ccccc4)nc(-c4ccccc4-n4c5ccccc5c5c6c7ccccc7n(-c7nc(-c8ccccc8)nc(-c8ccccc8)n7)c6ccc54)n3)c2)cc1. The van der Waals surface area contributed by atoms with E-state index < -0.39 is 0 Å². The van der Waals surface area contributed by atoms with E-state index in [1.807, 2.05) is 97.1 Å². The highest BCUT2D eigenvalue weighted by Gasteiger charge is 2.24. The maximum Gasteiger partial charge on any atom is 0.238 e. The molecule has 0 radical (unpaired) electrons. The predicted molar refractivity (Wildman–Crippen MR) is 275 cm³/mol. The van der Waals surface area contributed by atoms with Gasteiger partial charge in [-0.1, -0.05) is 188 Å². The Bertz CT molecular complexity index is 3960. The third-order valence-electron chi connectivity index (χ3n) is 12.6. The smallest absolute Gasteiger partial charge is 0.238 e. The number of aromatic nitrogens is 8. The second kappa shape index (κ2) is 16.2. The van der Waals surface area contributed by atoms with E-state index in [0.717, 1.165) is 88.2 Å². The standard InChI is InChI=1S/C60H38N8/c1-5-20-39(21-6-1)43-28-19-29-44(38-43)58-61-55(40-22-7-2-8-23-40)63-59(64-58)47-32-15-18-35-50(47)67-48-33-16-13-30-45(48)53-51(67)36-37-52-54(53)46-31-14-17-34-49(46)68(52)60-65-56(41-24-9-3-10-25-41)62-57(66-60)42-26-11-4-12-27-42/h1-38H. The molecule has 0 N–H and O–H groups in total. The molecule has 0 unspecified atom stereocenters. The van der Waals surface area contributed by atoms with Gasteiger partial charge in [0.15, 0.2) is 29.1 Å². The summed E-state index contributed by atoms with van der Waals surface area (Å²) in [7, 11) is 0. The first-order valence-corrected chi connectivity index (χ1v) is 22.6. The van der Waals surface area contributed by atoms with Crippen molar-refractivity contribution in [3.8, 4) is 79.7 Å². The average Bonchev–Trinajstić information content (AvgIpc) is 3.94. The van der Waals surface area contributed by atoms with Gasteiger partial charge in [0.2, 0.25) is 5.95 Å². The summed E-state index contributed by atoms with van der Waals surface area (Å²) in [5, 5.41) is 4.46. The summed E-state index contributed by atoms with van der Waals surface area (Å²) in [5.74, 6) is 3.54. The van der Waals surface area contributed by atoms with E-state index in [4.69, 9.17) is 29.9 Å². The predicted octanol–water partition coefficient (Wildman–Crippen LogP) is 14.3. The first-order valence-electron chi connectivity index (χ1n) is 22.6. The molecule has 0 aliphatic heterocycles. The molecule has 8 nitrogen and oxygen atoms in total. The van der Waals surface area contributed by atoms with Crippen molar-refractivity contribution in [1.29, 1.82) is 0 Å².